The third-order valence-corrected chi connectivity index (χ3v) is 4.26. The molecule has 0 heterocycles. The molecule has 0 aromatic heterocycles. The molecule has 17 heavy (non-hydrogen) atoms. The lowest BCUT2D eigenvalue weighted by Gasteiger charge is -2.37. The third-order valence-electron chi connectivity index (χ3n) is 4.26. The minimum Gasteiger partial charge on any atom is -0.468 e. The number of ketones is 2. The van der Waals surface area contributed by atoms with E-state index in [0.29, 0.717) is 6.42 Å². The van der Waals surface area contributed by atoms with Crippen LogP contribution < -0.4 is 0 Å². The molecule has 0 radical (unpaired) electrons. The number of allylic oxidation sites excluding steroid dienone is 4. The number of fused-ring (bicyclic) bond motifs is 5. The Morgan fingerprint density at radius 3 is 2.82 bits per heavy atom. The summed E-state index contributed by atoms with van der Waals surface area (Å²) in [5.41, 5.74) is -1.28. The molecular formula is C13H12O4. The van der Waals surface area contributed by atoms with Crippen LogP contribution in [0.2, 0.25) is 0 Å². The maximum Gasteiger partial charge on any atom is 0.321 e. The van der Waals surface area contributed by atoms with E-state index in [1.54, 1.807) is 0 Å². The van der Waals surface area contributed by atoms with Gasteiger partial charge < -0.3 is 4.74 Å². The first kappa shape index (κ1) is 10.4. The van der Waals surface area contributed by atoms with Gasteiger partial charge in [0.25, 0.3) is 0 Å². The van der Waals surface area contributed by atoms with Crippen molar-refractivity contribution in [2.75, 3.05) is 7.11 Å². The van der Waals surface area contributed by atoms with E-state index in [1.807, 2.05) is 12.2 Å². The van der Waals surface area contributed by atoms with Crippen LogP contribution in [-0.4, -0.2) is 24.6 Å². The normalized spacial score (nSPS) is 41.8. The zero-order chi connectivity index (χ0) is 12.2. The Labute approximate surface area is 98.3 Å². The van der Waals surface area contributed by atoms with Gasteiger partial charge in [0.05, 0.1) is 13.0 Å². The van der Waals surface area contributed by atoms with Crippen molar-refractivity contribution >= 4 is 17.5 Å². The molecule has 0 aromatic rings. The van der Waals surface area contributed by atoms with Gasteiger partial charge in [-0.2, -0.15) is 0 Å². The van der Waals surface area contributed by atoms with E-state index >= 15 is 0 Å². The smallest absolute Gasteiger partial charge is 0.321 e. The Kier molecular flexibility index (Phi) is 1.94. The Morgan fingerprint density at radius 1 is 1.35 bits per heavy atom. The Hall–Kier alpha value is -1.71. The van der Waals surface area contributed by atoms with Gasteiger partial charge in [-0.3, -0.25) is 14.4 Å². The van der Waals surface area contributed by atoms with Crippen molar-refractivity contribution in [1.82, 2.24) is 0 Å². The number of hydrogen-bond donors (Lipinski definition) is 0. The fraction of sp³-hybridized carbons (Fsp3) is 0.462. The minimum atomic E-state index is -1.28. The predicted octanol–water partition coefficient (Wildman–Crippen LogP) is 0.676. The van der Waals surface area contributed by atoms with Crippen molar-refractivity contribution < 1.29 is 19.1 Å². The predicted molar refractivity (Wildman–Crippen MR) is 57.8 cm³/mol. The maximum atomic E-state index is 12.2. The highest BCUT2D eigenvalue weighted by molar-refractivity contribution is 6.19. The van der Waals surface area contributed by atoms with Gasteiger partial charge in [-0.05, 0) is 24.5 Å². The SMILES string of the molecule is COC(=O)C12C(=O)C=CC(=O)C1C1C=CC2C1. The van der Waals surface area contributed by atoms with Crippen LogP contribution in [0.15, 0.2) is 24.3 Å². The number of rotatable bonds is 1. The average molecular weight is 232 g/mol. The number of ether oxygens (including phenoxy) is 1. The maximum absolute atomic E-state index is 12.2. The van der Waals surface area contributed by atoms with E-state index in [-0.39, 0.29) is 23.4 Å². The second kappa shape index (κ2) is 3.15. The van der Waals surface area contributed by atoms with E-state index in [1.165, 1.54) is 19.3 Å². The molecule has 3 aliphatic carbocycles. The van der Waals surface area contributed by atoms with Crippen LogP contribution in [0.3, 0.4) is 0 Å². The fourth-order valence-corrected chi connectivity index (χ4v) is 3.60. The number of carbonyl (C=O) groups is 3. The molecule has 3 rings (SSSR count). The van der Waals surface area contributed by atoms with Crippen molar-refractivity contribution in [3.63, 3.8) is 0 Å². The standard InChI is InChI=1S/C13H12O4/c1-17-12(16)13-8-3-2-7(6-8)11(13)9(14)4-5-10(13)15/h2-5,7-8,11H,6H2,1H3. The van der Waals surface area contributed by atoms with E-state index in [2.05, 4.69) is 0 Å². The highest BCUT2D eigenvalue weighted by Crippen LogP contribution is 2.59. The summed E-state index contributed by atoms with van der Waals surface area (Å²) in [6.45, 7) is 0. The number of carbonyl (C=O) groups excluding carboxylic acids is 3. The largest absolute Gasteiger partial charge is 0.468 e. The first-order chi connectivity index (χ1) is 8.12. The lowest BCUT2D eigenvalue weighted by Crippen LogP contribution is -2.52. The van der Waals surface area contributed by atoms with Crippen LogP contribution in [0, 0.1) is 23.2 Å². The van der Waals surface area contributed by atoms with Crippen molar-refractivity contribution in [2.45, 2.75) is 6.42 Å². The molecule has 0 aliphatic heterocycles. The summed E-state index contributed by atoms with van der Waals surface area (Å²) in [5, 5.41) is 0. The molecule has 0 spiro atoms. The lowest BCUT2D eigenvalue weighted by molar-refractivity contribution is -0.164. The van der Waals surface area contributed by atoms with Crippen LogP contribution in [0.5, 0.6) is 0 Å². The van der Waals surface area contributed by atoms with Gasteiger partial charge in [0.1, 0.15) is 5.41 Å². The quantitative estimate of drug-likeness (QED) is 0.379. The Bertz CT molecular complexity index is 488. The molecule has 0 saturated heterocycles. The van der Waals surface area contributed by atoms with Gasteiger partial charge >= 0.3 is 5.97 Å². The van der Waals surface area contributed by atoms with Crippen molar-refractivity contribution in [1.29, 1.82) is 0 Å². The molecular weight excluding hydrogens is 220 g/mol. The van der Waals surface area contributed by atoms with Gasteiger partial charge in [0.2, 0.25) is 0 Å². The van der Waals surface area contributed by atoms with Gasteiger partial charge in [0, 0.05) is 5.92 Å². The number of hydrogen-bond acceptors (Lipinski definition) is 4. The zero-order valence-corrected chi connectivity index (χ0v) is 9.38. The topological polar surface area (TPSA) is 60.4 Å². The average Bonchev–Trinajstić information content (AvgIpc) is 2.92. The molecule has 0 N–H and O–H groups in total. The highest BCUT2D eigenvalue weighted by Gasteiger charge is 2.67. The van der Waals surface area contributed by atoms with Crippen molar-refractivity contribution in [2.24, 2.45) is 23.2 Å². The summed E-state index contributed by atoms with van der Waals surface area (Å²) < 4.78 is 4.79. The van der Waals surface area contributed by atoms with Crippen LogP contribution in [0.1, 0.15) is 6.42 Å². The van der Waals surface area contributed by atoms with E-state index < -0.39 is 17.3 Å². The third kappa shape index (κ3) is 1.01. The zero-order valence-electron chi connectivity index (χ0n) is 9.38. The van der Waals surface area contributed by atoms with Gasteiger partial charge in [-0.15, -0.1) is 0 Å². The highest BCUT2D eigenvalue weighted by atomic mass is 16.5. The first-order valence-corrected chi connectivity index (χ1v) is 5.65. The second-order valence-electron chi connectivity index (χ2n) is 4.83. The van der Waals surface area contributed by atoms with Gasteiger partial charge in [-0.1, -0.05) is 12.2 Å². The molecule has 4 unspecified atom stereocenters. The van der Waals surface area contributed by atoms with Crippen LogP contribution >= 0.6 is 0 Å². The molecule has 0 amide bonds. The van der Waals surface area contributed by atoms with Crippen LogP contribution in [0.25, 0.3) is 0 Å². The lowest BCUT2D eigenvalue weighted by atomic mass is 9.62. The second-order valence-corrected chi connectivity index (χ2v) is 4.83. The Balaban J connectivity index is 2.22. The molecule has 88 valence electrons. The number of methoxy groups -OCH3 is 1. The van der Waals surface area contributed by atoms with Crippen LogP contribution in [-0.2, 0) is 19.1 Å². The summed E-state index contributed by atoms with van der Waals surface area (Å²) in [6, 6.07) is 0. The molecule has 4 atom stereocenters. The molecule has 2 bridgehead atoms. The van der Waals surface area contributed by atoms with E-state index in [9.17, 15) is 14.4 Å². The minimum absolute atomic E-state index is 0.000463. The van der Waals surface area contributed by atoms with Crippen molar-refractivity contribution in [3.8, 4) is 0 Å². The monoisotopic (exact) mass is 232 g/mol. The van der Waals surface area contributed by atoms with Crippen molar-refractivity contribution in [3.05, 3.63) is 24.3 Å². The summed E-state index contributed by atoms with van der Waals surface area (Å²) in [5.74, 6) is -1.73. The van der Waals surface area contributed by atoms with Gasteiger partial charge in [0.15, 0.2) is 11.6 Å². The van der Waals surface area contributed by atoms with Gasteiger partial charge in [-0.25, -0.2) is 0 Å². The molecule has 1 saturated carbocycles. The molecule has 3 aliphatic rings. The summed E-state index contributed by atoms with van der Waals surface area (Å²) in [7, 11) is 1.26. The first-order valence-electron chi connectivity index (χ1n) is 5.65. The molecule has 4 heteroatoms. The molecule has 1 fully saturated rings. The summed E-state index contributed by atoms with van der Waals surface area (Å²) in [6.07, 6.45) is 7.04. The van der Waals surface area contributed by atoms with E-state index in [4.69, 9.17) is 4.74 Å². The summed E-state index contributed by atoms with van der Waals surface area (Å²) >= 11 is 0. The summed E-state index contributed by atoms with van der Waals surface area (Å²) in [4.78, 5) is 36.2. The number of esters is 1. The van der Waals surface area contributed by atoms with E-state index in [0.717, 1.165) is 0 Å². The molecule has 0 aromatic carbocycles. The Morgan fingerprint density at radius 2 is 2.12 bits per heavy atom. The fourth-order valence-electron chi connectivity index (χ4n) is 3.60. The molecule has 4 nitrogen and oxygen atoms in total. The van der Waals surface area contributed by atoms with Crippen LogP contribution in [0.4, 0.5) is 0 Å².